The van der Waals surface area contributed by atoms with Gasteiger partial charge in [-0.05, 0) is 25.8 Å². The van der Waals surface area contributed by atoms with Gasteiger partial charge in [0.15, 0.2) is 5.12 Å². The first-order chi connectivity index (χ1) is 6.08. The summed E-state index contributed by atoms with van der Waals surface area (Å²) in [5, 5.41) is -0.0424. The fourth-order valence-corrected chi connectivity index (χ4v) is 1.58. The second-order valence-electron chi connectivity index (χ2n) is 3.39. The maximum atomic E-state index is 10.7. The van der Waals surface area contributed by atoms with Gasteiger partial charge in [-0.25, -0.2) is 0 Å². The molecule has 0 atom stereocenters. The van der Waals surface area contributed by atoms with Crippen molar-refractivity contribution in [2.24, 2.45) is 0 Å². The molecule has 13 heavy (non-hydrogen) atoms. The molecule has 0 heterocycles. The highest BCUT2D eigenvalue weighted by molar-refractivity contribution is 7.96. The monoisotopic (exact) mass is 194 g/mol. The molecule has 0 radical (unpaired) electrons. The number of hydrogen-bond acceptors (Lipinski definition) is 1. The van der Waals surface area contributed by atoms with Crippen LogP contribution in [0.1, 0.15) is 23.1 Å². The smallest absolute Gasteiger partial charge is 0.186 e. The Morgan fingerprint density at radius 2 is 1.77 bits per heavy atom. The predicted molar refractivity (Wildman–Crippen MR) is 58.2 cm³/mol. The van der Waals surface area contributed by atoms with Crippen LogP contribution >= 0.6 is 12.6 Å². The molecule has 0 fully saturated rings. The molecule has 0 saturated carbocycles. The van der Waals surface area contributed by atoms with Gasteiger partial charge in [-0.3, -0.25) is 4.79 Å². The molecule has 1 aromatic rings. The Morgan fingerprint density at radius 3 is 2.23 bits per heavy atom. The van der Waals surface area contributed by atoms with Gasteiger partial charge in [-0.2, -0.15) is 0 Å². The number of benzene rings is 1. The summed E-state index contributed by atoms with van der Waals surface area (Å²) in [4.78, 5) is 10.7. The zero-order valence-electron chi connectivity index (χ0n) is 8.00. The summed E-state index contributed by atoms with van der Waals surface area (Å²) in [7, 11) is 0. The first-order valence-corrected chi connectivity index (χ1v) is 4.81. The first-order valence-electron chi connectivity index (χ1n) is 4.37. The lowest BCUT2D eigenvalue weighted by molar-refractivity contribution is -0.110. The van der Waals surface area contributed by atoms with E-state index in [4.69, 9.17) is 0 Å². The molecule has 0 aliphatic rings. The summed E-state index contributed by atoms with van der Waals surface area (Å²) in [6.45, 7) is 4.14. The number of thiol groups is 1. The highest BCUT2D eigenvalue weighted by Gasteiger charge is 1.98. The minimum absolute atomic E-state index is 0.0424. The van der Waals surface area contributed by atoms with Crippen molar-refractivity contribution >= 4 is 17.7 Å². The van der Waals surface area contributed by atoms with Crippen molar-refractivity contribution in [2.45, 2.75) is 26.7 Å². The van der Waals surface area contributed by atoms with Crippen LogP contribution < -0.4 is 0 Å². The Labute approximate surface area is 84.6 Å². The molecular formula is C11H14OS. The molecule has 1 rings (SSSR count). The minimum Gasteiger partial charge on any atom is -0.287 e. The van der Waals surface area contributed by atoms with Crippen molar-refractivity contribution < 1.29 is 4.79 Å². The van der Waals surface area contributed by atoms with Gasteiger partial charge in [0.25, 0.3) is 0 Å². The standard InChI is InChI=1S/C11H14OS/c1-8-5-9(2)7-10(6-8)3-4-11(12)13/h5-7H,3-4H2,1-2H3,(H,12,13). The Bertz CT molecular complexity index is 298. The van der Waals surface area contributed by atoms with Crippen molar-refractivity contribution in [3.8, 4) is 0 Å². The molecule has 0 aliphatic heterocycles. The van der Waals surface area contributed by atoms with Gasteiger partial charge in [-0.1, -0.05) is 29.3 Å². The number of carbonyl (C=O) groups excluding carboxylic acids is 1. The maximum Gasteiger partial charge on any atom is 0.186 e. The van der Waals surface area contributed by atoms with Crippen molar-refractivity contribution in [1.29, 1.82) is 0 Å². The van der Waals surface area contributed by atoms with Crippen LogP contribution in [0.5, 0.6) is 0 Å². The molecule has 2 heteroatoms. The van der Waals surface area contributed by atoms with E-state index in [0.717, 1.165) is 6.42 Å². The molecule has 1 nitrogen and oxygen atoms in total. The summed E-state index contributed by atoms with van der Waals surface area (Å²) < 4.78 is 0. The van der Waals surface area contributed by atoms with E-state index in [-0.39, 0.29) is 5.12 Å². The van der Waals surface area contributed by atoms with E-state index < -0.39 is 0 Å². The van der Waals surface area contributed by atoms with E-state index in [2.05, 4.69) is 44.7 Å². The quantitative estimate of drug-likeness (QED) is 0.732. The van der Waals surface area contributed by atoms with E-state index in [0.29, 0.717) is 6.42 Å². The molecule has 0 N–H and O–H groups in total. The number of hydrogen-bond donors (Lipinski definition) is 1. The summed E-state index contributed by atoms with van der Waals surface area (Å²) in [5.74, 6) is 0. The van der Waals surface area contributed by atoms with Crippen LogP contribution in [-0.4, -0.2) is 5.12 Å². The van der Waals surface area contributed by atoms with Crippen molar-refractivity contribution in [3.05, 3.63) is 34.9 Å². The first kappa shape index (κ1) is 10.3. The summed E-state index contributed by atoms with van der Waals surface area (Å²) >= 11 is 3.74. The maximum absolute atomic E-state index is 10.7. The van der Waals surface area contributed by atoms with Crippen LogP contribution in [0.2, 0.25) is 0 Å². The fourth-order valence-electron chi connectivity index (χ4n) is 1.46. The number of rotatable bonds is 3. The Morgan fingerprint density at radius 1 is 1.23 bits per heavy atom. The van der Waals surface area contributed by atoms with Crippen LogP contribution in [0, 0.1) is 13.8 Å². The molecule has 0 saturated heterocycles. The molecule has 0 amide bonds. The van der Waals surface area contributed by atoms with E-state index >= 15 is 0 Å². The SMILES string of the molecule is Cc1cc(C)cc(CCC(=O)S)c1. The Hall–Kier alpha value is -0.760. The van der Waals surface area contributed by atoms with E-state index in [1.54, 1.807) is 0 Å². The summed E-state index contributed by atoms with van der Waals surface area (Å²) in [5.41, 5.74) is 3.73. The third kappa shape index (κ3) is 3.64. The largest absolute Gasteiger partial charge is 0.287 e. The third-order valence-electron chi connectivity index (χ3n) is 1.91. The highest BCUT2D eigenvalue weighted by Crippen LogP contribution is 2.11. The third-order valence-corrected chi connectivity index (χ3v) is 2.13. The average Bonchev–Trinajstić information content (AvgIpc) is 1.99. The summed E-state index contributed by atoms with van der Waals surface area (Å²) in [6.07, 6.45) is 1.32. The molecule has 0 bridgehead atoms. The van der Waals surface area contributed by atoms with Gasteiger partial charge in [-0.15, -0.1) is 12.6 Å². The van der Waals surface area contributed by atoms with Crippen LogP contribution in [0.3, 0.4) is 0 Å². The van der Waals surface area contributed by atoms with Crippen LogP contribution in [0.4, 0.5) is 0 Å². The topological polar surface area (TPSA) is 17.1 Å². The van der Waals surface area contributed by atoms with Crippen molar-refractivity contribution in [2.75, 3.05) is 0 Å². The highest BCUT2D eigenvalue weighted by atomic mass is 32.1. The molecular weight excluding hydrogens is 180 g/mol. The second kappa shape index (κ2) is 4.47. The van der Waals surface area contributed by atoms with Crippen LogP contribution in [0.15, 0.2) is 18.2 Å². The van der Waals surface area contributed by atoms with Crippen LogP contribution in [0.25, 0.3) is 0 Å². The van der Waals surface area contributed by atoms with Crippen LogP contribution in [-0.2, 0) is 11.2 Å². The normalized spacial score (nSPS) is 10.1. The fraction of sp³-hybridized carbons (Fsp3) is 0.364. The lowest BCUT2D eigenvalue weighted by Crippen LogP contribution is -1.93. The van der Waals surface area contributed by atoms with E-state index in [1.165, 1.54) is 16.7 Å². The van der Waals surface area contributed by atoms with Gasteiger partial charge in [0.2, 0.25) is 0 Å². The minimum atomic E-state index is -0.0424. The summed E-state index contributed by atoms with van der Waals surface area (Å²) in [6, 6.07) is 6.36. The van der Waals surface area contributed by atoms with Gasteiger partial charge < -0.3 is 0 Å². The predicted octanol–water partition coefficient (Wildman–Crippen LogP) is 2.69. The van der Waals surface area contributed by atoms with Gasteiger partial charge >= 0.3 is 0 Å². The average molecular weight is 194 g/mol. The second-order valence-corrected chi connectivity index (χ2v) is 3.89. The Kier molecular flexibility index (Phi) is 3.55. The van der Waals surface area contributed by atoms with Crippen molar-refractivity contribution in [3.63, 3.8) is 0 Å². The van der Waals surface area contributed by atoms with Gasteiger partial charge in [0.1, 0.15) is 0 Å². The number of carbonyl (C=O) groups is 1. The zero-order chi connectivity index (χ0) is 9.84. The molecule has 0 aromatic heterocycles. The van der Waals surface area contributed by atoms with E-state index in [9.17, 15) is 4.79 Å². The molecule has 0 unspecified atom stereocenters. The number of aryl methyl sites for hydroxylation is 3. The molecule has 0 spiro atoms. The van der Waals surface area contributed by atoms with Gasteiger partial charge in [0, 0.05) is 6.42 Å². The molecule has 0 aliphatic carbocycles. The Balaban J connectivity index is 2.71. The van der Waals surface area contributed by atoms with E-state index in [1.807, 2.05) is 0 Å². The lowest BCUT2D eigenvalue weighted by Gasteiger charge is -2.02. The zero-order valence-corrected chi connectivity index (χ0v) is 8.90. The molecule has 70 valence electrons. The van der Waals surface area contributed by atoms with Gasteiger partial charge in [0.05, 0.1) is 0 Å². The van der Waals surface area contributed by atoms with Crippen molar-refractivity contribution in [1.82, 2.24) is 0 Å². The molecule has 1 aromatic carbocycles. The lowest BCUT2D eigenvalue weighted by atomic mass is 10.0.